The van der Waals surface area contributed by atoms with Crippen LogP contribution in [0.1, 0.15) is 51.9 Å². The molecule has 0 saturated carbocycles. The van der Waals surface area contributed by atoms with E-state index < -0.39 is 10.4 Å². The fourth-order valence-electron chi connectivity index (χ4n) is 1.77. The molecule has 0 heterocycles. The SMILES string of the molecule is CCCCCCCCCOc1ccccc1.O=S(=O)([O-])[O-].[K+].[K+]. The van der Waals surface area contributed by atoms with Crippen LogP contribution in [0.25, 0.3) is 0 Å². The van der Waals surface area contributed by atoms with Gasteiger partial charge in [0.1, 0.15) is 5.75 Å². The molecule has 5 nitrogen and oxygen atoms in total. The molecule has 0 radical (unpaired) electrons. The van der Waals surface area contributed by atoms with Crippen molar-refractivity contribution in [2.75, 3.05) is 6.61 Å². The summed E-state index contributed by atoms with van der Waals surface area (Å²) in [6.07, 6.45) is 9.35. The third-order valence-electron chi connectivity index (χ3n) is 2.76. The zero-order valence-corrected chi connectivity index (χ0v) is 21.6. The first-order valence-electron chi connectivity index (χ1n) is 7.28. The van der Waals surface area contributed by atoms with Crippen LogP contribution in [0.5, 0.6) is 5.75 Å². The van der Waals surface area contributed by atoms with Gasteiger partial charge in [0.05, 0.1) is 6.61 Å². The van der Waals surface area contributed by atoms with Crippen molar-refractivity contribution in [1.82, 2.24) is 0 Å². The Hall–Kier alpha value is 2.16. The Kier molecular flexibility index (Phi) is 26.6. The second kappa shape index (κ2) is 20.5. The van der Waals surface area contributed by atoms with E-state index in [1.54, 1.807) is 0 Å². The number of hydrogen-bond donors (Lipinski definition) is 0. The predicted molar refractivity (Wildman–Crippen MR) is 80.4 cm³/mol. The van der Waals surface area contributed by atoms with Crippen molar-refractivity contribution in [3.8, 4) is 5.75 Å². The molecule has 1 aromatic carbocycles. The Morgan fingerprint density at radius 3 is 1.78 bits per heavy atom. The molecule has 1 aromatic rings. The number of unbranched alkanes of at least 4 members (excludes halogenated alkanes) is 6. The maximum Gasteiger partial charge on any atom is 1.00 e. The number of benzene rings is 1. The van der Waals surface area contributed by atoms with Crippen molar-refractivity contribution in [3.05, 3.63) is 30.3 Å². The fourth-order valence-corrected chi connectivity index (χ4v) is 1.77. The van der Waals surface area contributed by atoms with Gasteiger partial charge in [-0.3, -0.25) is 8.42 Å². The molecule has 0 N–H and O–H groups in total. The van der Waals surface area contributed by atoms with E-state index in [-0.39, 0.29) is 103 Å². The van der Waals surface area contributed by atoms with Crippen molar-refractivity contribution >= 4 is 10.4 Å². The standard InChI is InChI=1S/C15H24O.2K.H2O4S/c1-2-3-4-5-6-7-11-14-16-15-12-9-8-10-13-15;;;1-5(2,3)4/h8-10,12-13H,2-7,11,14H2,1H3;;;(H2,1,2,3,4)/q;2*+1;/p-2. The second-order valence-electron chi connectivity index (χ2n) is 4.69. The van der Waals surface area contributed by atoms with Crippen LogP contribution in [0.2, 0.25) is 0 Å². The fraction of sp³-hybridized carbons (Fsp3) is 0.600. The molecule has 0 aliphatic carbocycles. The van der Waals surface area contributed by atoms with Gasteiger partial charge in [0, 0.05) is 10.4 Å². The average Bonchev–Trinajstić information content (AvgIpc) is 2.41. The first kappa shape index (κ1) is 29.9. The van der Waals surface area contributed by atoms with E-state index in [2.05, 4.69) is 6.92 Å². The Morgan fingerprint density at radius 2 is 1.30 bits per heavy atom. The van der Waals surface area contributed by atoms with Gasteiger partial charge in [-0.25, -0.2) is 0 Å². The Bertz CT molecular complexity index is 432. The third-order valence-corrected chi connectivity index (χ3v) is 2.76. The zero-order valence-electron chi connectivity index (χ0n) is 14.5. The minimum absolute atomic E-state index is 0. The molecule has 8 heteroatoms. The van der Waals surface area contributed by atoms with E-state index >= 15 is 0 Å². The van der Waals surface area contributed by atoms with Crippen LogP contribution < -0.4 is 108 Å². The summed E-state index contributed by atoms with van der Waals surface area (Å²) in [5, 5.41) is 0. The van der Waals surface area contributed by atoms with E-state index in [4.69, 9.17) is 22.3 Å². The van der Waals surface area contributed by atoms with Crippen LogP contribution in [0.4, 0.5) is 0 Å². The summed E-state index contributed by atoms with van der Waals surface area (Å²) in [7, 11) is -5.17. The average molecular weight is 395 g/mol. The third kappa shape index (κ3) is 29.2. The Labute approximate surface area is 225 Å². The molecule has 1 rings (SSSR count). The van der Waals surface area contributed by atoms with Crippen LogP contribution in [0.3, 0.4) is 0 Å². The summed E-state index contributed by atoms with van der Waals surface area (Å²) in [6, 6.07) is 10.1. The minimum Gasteiger partial charge on any atom is -0.759 e. The number of ether oxygens (including phenoxy) is 1. The van der Waals surface area contributed by atoms with Gasteiger partial charge in [-0.15, -0.1) is 0 Å². The molecular formula is C15H24K2O5S. The van der Waals surface area contributed by atoms with Gasteiger partial charge < -0.3 is 13.8 Å². The van der Waals surface area contributed by atoms with Gasteiger partial charge in [0.2, 0.25) is 0 Å². The maximum atomic E-state index is 8.52. The van der Waals surface area contributed by atoms with Gasteiger partial charge in [0.15, 0.2) is 0 Å². The molecular weight excluding hydrogens is 370 g/mol. The van der Waals surface area contributed by atoms with Crippen molar-refractivity contribution < 1.29 is 125 Å². The minimum atomic E-state index is -5.17. The molecule has 0 aliphatic heterocycles. The van der Waals surface area contributed by atoms with Crippen LogP contribution >= 0.6 is 0 Å². The van der Waals surface area contributed by atoms with Crippen LogP contribution in [0, 0.1) is 0 Å². The molecule has 0 unspecified atom stereocenters. The summed E-state index contributed by atoms with van der Waals surface area (Å²) >= 11 is 0. The van der Waals surface area contributed by atoms with Crippen molar-refractivity contribution in [3.63, 3.8) is 0 Å². The van der Waals surface area contributed by atoms with Crippen LogP contribution in [-0.2, 0) is 10.4 Å². The second-order valence-corrected chi connectivity index (χ2v) is 5.51. The first-order valence-corrected chi connectivity index (χ1v) is 8.61. The molecule has 0 bridgehead atoms. The van der Waals surface area contributed by atoms with E-state index in [0.29, 0.717) is 0 Å². The quantitative estimate of drug-likeness (QED) is 0.200. The van der Waals surface area contributed by atoms with Gasteiger partial charge in [-0.05, 0) is 18.6 Å². The Balaban J connectivity index is -0.000000502. The molecule has 0 aliphatic rings. The predicted octanol–water partition coefficient (Wildman–Crippen LogP) is -2.51. The smallest absolute Gasteiger partial charge is 0.759 e. The number of hydrogen-bond acceptors (Lipinski definition) is 5. The summed E-state index contributed by atoms with van der Waals surface area (Å²) in [4.78, 5) is 0. The summed E-state index contributed by atoms with van der Waals surface area (Å²) < 4.78 is 39.7. The first-order chi connectivity index (χ1) is 9.93. The number of rotatable bonds is 9. The van der Waals surface area contributed by atoms with Gasteiger partial charge in [0.25, 0.3) is 0 Å². The molecule has 122 valence electrons. The zero-order chi connectivity index (χ0) is 16.0. The van der Waals surface area contributed by atoms with Crippen LogP contribution in [0.15, 0.2) is 30.3 Å². The van der Waals surface area contributed by atoms with E-state index in [9.17, 15) is 0 Å². The molecule has 0 saturated heterocycles. The monoisotopic (exact) mass is 394 g/mol. The molecule has 23 heavy (non-hydrogen) atoms. The van der Waals surface area contributed by atoms with Crippen molar-refractivity contribution in [2.24, 2.45) is 0 Å². The normalized spacial score (nSPS) is 9.70. The Morgan fingerprint density at radius 1 is 0.870 bits per heavy atom. The summed E-state index contributed by atoms with van der Waals surface area (Å²) in [5.41, 5.74) is 0. The van der Waals surface area contributed by atoms with E-state index in [1.807, 2.05) is 30.3 Å². The van der Waals surface area contributed by atoms with Gasteiger partial charge in [-0.1, -0.05) is 63.6 Å². The molecule has 0 aromatic heterocycles. The topological polar surface area (TPSA) is 89.5 Å². The van der Waals surface area contributed by atoms with Crippen LogP contribution in [-0.4, -0.2) is 24.1 Å². The molecule has 0 atom stereocenters. The van der Waals surface area contributed by atoms with E-state index in [1.165, 1.54) is 44.9 Å². The molecule has 0 fully saturated rings. The van der Waals surface area contributed by atoms with Gasteiger partial charge >= 0.3 is 103 Å². The molecule has 0 amide bonds. The summed E-state index contributed by atoms with van der Waals surface area (Å²) in [5.74, 6) is 0.994. The van der Waals surface area contributed by atoms with Crippen molar-refractivity contribution in [2.45, 2.75) is 51.9 Å². The van der Waals surface area contributed by atoms with Crippen molar-refractivity contribution in [1.29, 1.82) is 0 Å². The molecule has 0 spiro atoms. The summed E-state index contributed by atoms with van der Waals surface area (Å²) in [6.45, 7) is 3.12. The van der Waals surface area contributed by atoms with Gasteiger partial charge in [-0.2, -0.15) is 0 Å². The van der Waals surface area contributed by atoms with E-state index in [0.717, 1.165) is 12.4 Å². The maximum absolute atomic E-state index is 8.52. The largest absolute Gasteiger partial charge is 1.00 e. The number of para-hydroxylation sites is 1.